The first-order valence-corrected chi connectivity index (χ1v) is 13.2. The number of benzene rings is 4. The highest BCUT2D eigenvalue weighted by Crippen LogP contribution is 2.55. The van der Waals surface area contributed by atoms with Crippen molar-refractivity contribution in [2.45, 2.75) is 24.4 Å². The summed E-state index contributed by atoms with van der Waals surface area (Å²) in [5.41, 5.74) is 2.34. The Hall–Kier alpha value is -4.97. The molecule has 6 heteroatoms. The summed E-state index contributed by atoms with van der Waals surface area (Å²) in [6.07, 6.45) is 1.46. The van der Waals surface area contributed by atoms with Crippen LogP contribution in [0.3, 0.4) is 0 Å². The van der Waals surface area contributed by atoms with Crippen LogP contribution in [0.5, 0.6) is 0 Å². The van der Waals surface area contributed by atoms with Gasteiger partial charge in [0.2, 0.25) is 5.91 Å². The fourth-order valence-electron chi connectivity index (χ4n) is 5.98. The Labute approximate surface area is 233 Å². The van der Waals surface area contributed by atoms with Gasteiger partial charge in [-0.2, -0.15) is 0 Å². The Morgan fingerprint density at radius 2 is 1.30 bits per heavy atom. The molecule has 2 amide bonds. The quantitative estimate of drug-likeness (QED) is 0.171. The topological polar surface area (TPSA) is 66.9 Å². The highest BCUT2D eigenvalue weighted by Gasteiger charge is 2.66. The lowest BCUT2D eigenvalue weighted by Crippen LogP contribution is -2.53. The van der Waals surface area contributed by atoms with Crippen LogP contribution in [0.2, 0.25) is 0 Å². The lowest BCUT2D eigenvalue weighted by molar-refractivity contribution is -0.156. The summed E-state index contributed by atoms with van der Waals surface area (Å²) in [5.74, 6) is -2.64. The molecule has 0 saturated heterocycles. The fourth-order valence-corrected chi connectivity index (χ4v) is 5.98. The van der Waals surface area contributed by atoms with Crippen LogP contribution in [0.25, 0.3) is 0 Å². The molecule has 2 heterocycles. The second-order valence-corrected chi connectivity index (χ2v) is 9.99. The molecule has 0 aromatic heterocycles. The summed E-state index contributed by atoms with van der Waals surface area (Å²) in [6, 6.07) is 33.9. The van der Waals surface area contributed by atoms with Gasteiger partial charge in [0.05, 0.1) is 19.0 Å². The van der Waals surface area contributed by atoms with E-state index in [-0.39, 0.29) is 19.1 Å². The first-order chi connectivity index (χ1) is 19.6. The van der Waals surface area contributed by atoms with Crippen LogP contribution >= 0.6 is 0 Å². The largest absolute Gasteiger partial charge is 0.460 e. The van der Waals surface area contributed by atoms with Crippen molar-refractivity contribution in [3.8, 4) is 0 Å². The van der Waals surface area contributed by atoms with Crippen LogP contribution in [0, 0.1) is 0 Å². The van der Waals surface area contributed by atoms with Gasteiger partial charge in [0, 0.05) is 16.9 Å². The SMILES string of the molecule is C=CCOC(=O)C1(C2C(=O)N(Cc3ccccc3)c3ccccc32)C(=O)N(Cc2ccccc2)c2ccccc21. The van der Waals surface area contributed by atoms with Crippen molar-refractivity contribution in [2.24, 2.45) is 0 Å². The van der Waals surface area contributed by atoms with Crippen molar-refractivity contribution in [2.75, 3.05) is 16.4 Å². The van der Waals surface area contributed by atoms with Crippen LogP contribution in [-0.2, 0) is 37.6 Å². The molecule has 198 valence electrons. The summed E-state index contributed by atoms with van der Waals surface area (Å²) >= 11 is 0. The summed E-state index contributed by atoms with van der Waals surface area (Å²) in [7, 11) is 0. The number of ether oxygens (including phenoxy) is 1. The van der Waals surface area contributed by atoms with E-state index in [0.29, 0.717) is 29.0 Å². The van der Waals surface area contributed by atoms with E-state index in [9.17, 15) is 14.4 Å². The van der Waals surface area contributed by atoms with Gasteiger partial charge < -0.3 is 14.5 Å². The maximum absolute atomic E-state index is 14.7. The van der Waals surface area contributed by atoms with Crippen LogP contribution in [-0.4, -0.2) is 24.4 Å². The van der Waals surface area contributed by atoms with E-state index >= 15 is 0 Å². The highest BCUT2D eigenvalue weighted by atomic mass is 16.5. The zero-order valence-corrected chi connectivity index (χ0v) is 21.9. The molecule has 2 aliphatic rings. The van der Waals surface area contributed by atoms with Crippen LogP contribution in [0.1, 0.15) is 28.2 Å². The van der Waals surface area contributed by atoms with Gasteiger partial charge in [-0.05, 0) is 28.8 Å². The van der Waals surface area contributed by atoms with Gasteiger partial charge in [-0.1, -0.05) is 110 Å². The third kappa shape index (κ3) is 3.92. The van der Waals surface area contributed by atoms with Gasteiger partial charge in [-0.25, -0.2) is 0 Å². The van der Waals surface area contributed by atoms with E-state index in [2.05, 4.69) is 6.58 Å². The minimum absolute atomic E-state index is 0.0784. The molecule has 0 N–H and O–H groups in total. The lowest BCUT2D eigenvalue weighted by Gasteiger charge is -2.32. The van der Waals surface area contributed by atoms with E-state index in [1.165, 1.54) is 6.08 Å². The van der Waals surface area contributed by atoms with E-state index in [0.717, 1.165) is 11.1 Å². The molecule has 2 unspecified atom stereocenters. The highest BCUT2D eigenvalue weighted by molar-refractivity contribution is 6.26. The Bertz CT molecular complexity index is 1600. The number of rotatable bonds is 8. The number of esters is 1. The minimum Gasteiger partial charge on any atom is -0.460 e. The molecule has 2 atom stereocenters. The molecule has 0 fully saturated rings. The third-order valence-corrected chi connectivity index (χ3v) is 7.71. The molecule has 6 nitrogen and oxygen atoms in total. The minimum atomic E-state index is -1.90. The molecule has 0 radical (unpaired) electrons. The van der Waals surface area contributed by atoms with Crippen molar-refractivity contribution >= 4 is 29.2 Å². The molecule has 0 spiro atoms. The van der Waals surface area contributed by atoms with Crippen LogP contribution in [0.4, 0.5) is 11.4 Å². The number of hydrogen-bond donors (Lipinski definition) is 0. The summed E-state index contributed by atoms with van der Waals surface area (Å²) in [5, 5.41) is 0. The molecule has 0 bridgehead atoms. The molecule has 4 aromatic rings. The molecule has 0 aliphatic carbocycles. The average Bonchev–Trinajstić information content (AvgIpc) is 3.41. The molecular weight excluding hydrogens is 500 g/mol. The number of amides is 2. The molecule has 4 aromatic carbocycles. The van der Waals surface area contributed by atoms with Crippen LogP contribution < -0.4 is 9.80 Å². The molecule has 2 aliphatic heterocycles. The van der Waals surface area contributed by atoms with Crippen molar-refractivity contribution in [1.82, 2.24) is 0 Å². The van der Waals surface area contributed by atoms with E-state index < -0.39 is 23.2 Å². The maximum Gasteiger partial charge on any atom is 0.327 e. The number of fused-ring (bicyclic) bond motifs is 2. The van der Waals surface area contributed by atoms with Gasteiger partial charge in [0.15, 0.2) is 5.41 Å². The normalized spacial score (nSPS) is 19.4. The Balaban J connectivity index is 1.54. The van der Waals surface area contributed by atoms with E-state index in [4.69, 9.17) is 4.74 Å². The zero-order chi connectivity index (χ0) is 27.7. The van der Waals surface area contributed by atoms with Gasteiger partial charge in [0.1, 0.15) is 6.61 Å². The van der Waals surface area contributed by atoms with Crippen molar-refractivity contribution in [3.05, 3.63) is 144 Å². The summed E-state index contributed by atoms with van der Waals surface area (Å²) in [6.45, 7) is 4.16. The Kier molecular flexibility index (Phi) is 6.52. The molecule has 40 heavy (non-hydrogen) atoms. The van der Waals surface area contributed by atoms with Crippen LogP contribution in [0.15, 0.2) is 122 Å². The summed E-state index contributed by atoms with van der Waals surface area (Å²) in [4.78, 5) is 46.7. The second kappa shape index (κ2) is 10.3. The maximum atomic E-state index is 14.7. The number of nitrogens with zero attached hydrogens (tertiary/aromatic N) is 2. The third-order valence-electron chi connectivity index (χ3n) is 7.71. The molecular formula is C34H28N2O4. The van der Waals surface area contributed by atoms with E-state index in [1.54, 1.807) is 21.9 Å². The van der Waals surface area contributed by atoms with Gasteiger partial charge in [-0.3, -0.25) is 14.4 Å². The first kappa shape index (κ1) is 25.3. The second-order valence-electron chi connectivity index (χ2n) is 9.99. The zero-order valence-electron chi connectivity index (χ0n) is 21.9. The predicted octanol–water partition coefficient (Wildman–Crippen LogP) is 5.53. The molecule has 6 rings (SSSR count). The predicted molar refractivity (Wildman–Crippen MR) is 154 cm³/mol. The lowest BCUT2D eigenvalue weighted by atomic mass is 9.68. The van der Waals surface area contributed by atoms with Gasteiger partial charge in [-0.15, -0.1) is 0 Å². The summed E-state index contributed by atoms with van der Waals surface area (Å²) < 4.78 is 5.66. The number of carbonyl (C=O) groups excluding carboxylic acids is 3. The fraction of sp³-hybridized carbons (Fsp3) is 0.147. The standard InChI is InChI=1S/C34H28N2O4/c1-2-21-40-33(39)34(27-18-10-12-20-29(27)36(32(34)38)23-25-15-7-4-8-16-25)30-26-17-9-11-19-28(26)35(31(30)37)22-24-13-5-3-6-14-24/h2-20,30H,1,21-23H2. The Morgan fingerprint density at radius 3 is 1.95 bits per heavy atom. The van der Waals surface area contributed by atoms with Crippen molar-refractivity contribution in [1.29, 1.82) is 0 Å². The van der Waals surface area contributed by atoms with Crippen molar-refractivity contribution in [3.63, 3.8) is 0 Å². The van der Waals surface area contributed by atoms with E-state index in [1.807, 2.05) is 97.1 Å². The number of para-hydroxylation sites is 2. The van der Waals surface area contributed by atoms with Gasteiger partial charge >= 0.3 is 5.97 Å². The smallest absolute Gasteiger partial charge is 0.327 e. The number of hydrogen-bond acceptors (Lipinski definition) is 4. The monoisotopic (exact) mass is 528 g/mol. The number of anilines is 2. The molecule has 0 saturated carbocycles. The van der Waals surface area contributed by atoms with Crippen molar-refractivity contribution < 1.29 is 19.1 Å². The Morgan fingerprint density at radius 1 is 0.750 bits per heavy atom. The van der Waals surface area contributed by atoms with Gasteiger partial charge in [0.25, 0.3) is 5.91 Å². The average molecular weight is 529 g/mol. The number of carbonyl (C=O) groups is 3. The first-order valence-electron chi connectivity index (χ1n) is 13.2.